The summed E-state index contributed by atoms with van der Waals surface area (Å²) < 4.78 is 11.7. The van der Waals surface area contributed by atoms with Crippen LogP contribution in [0.25, 0.3) is 10.4 Å². The summed E-state index contributed by atoms with van der Waals surface area (Å²) in [5.74, 6) is -3.89. The summed E-state index contributed by atoms with van der Waals surface area (Å²) in [5.41, 5.74) is 7.76. The van der Waals surface area contributed by atoms with E-state index >= 15 is 0 Å². The number of carbonyl (C=O) groups excluding carboxylic acids is 2. The predicted octanol–water partition coefficient (Wildman–Crippen LogP) is -0.0299. The molecule has 174 valence electrons. The van der Waals surface area contributed by atoms with Crippen LogP contribution in [0, 0.1) is 12.8 Å². The molecular formula is C18H24N6O8. The summed E-state index contributed by atoms with van der Waals surface area (Å²) in [5, 5.41) is 14.8. The molecule has 1 amide bonds. The number of amides is 1. The van der Waals surface area contributed by atoms with Gasteiger partial charge in [0.05, 0.1) is 6.04 Å². The highest BCUT2D eigenvalue weighted by atomic mass is 16.6. The van der Waals surface area contributed by atoms with E-state index in [4.69, 9.17) is 20.1 Å². The monoisotopic (exact) mass is 452 g/mol. The fraction of sp³-hybridized carbons (Fsp3) is 0.611. The highest BCUT2D eigenvalue weighted by Crippen LogP contribution is 2.30. The molecule has 2 heterocycles. The van der Waals surface area contributed by atoms with Crippen LogP contribution in [0.2, 0.25) is 0 Å². The maximum atomic E-state index is 12.1. The van der Waals surface area contributed by atoms with E-state index in [0.717, 1.165) is 4.57 Å². The number of rotatable bonds is 8. The molecule has 14 nitrogen and oxygen atoms in total. The zero-order valence-corrected chi connectivity index (χ0v) is 17.7. The number of carbonyl (C=O) groups is 3. The van der Waals surface area contributed by atoms with Gasteiger partial charge in [0, 0.05) is 23.1 Å². The normalized spacial score (nSPS) is 20.9. The van der Waals surface area contributed by atoms with Gasteiger partial charge >= 0.3 is 23.5 Å². The van der Waals surface area contributed by atoms with Crippen molar-refractivity contribution < 1.29 is 29.0 Å². The Labute approximate surface area is 181 Å². The van der Waals surface area contributed by atoms with Crippen LogP contribution < -0.4 is 16.6 Å². The van der Waals surface area contributed by atoms with Crippen molar-refractivity contribution in [3.8, 4) is 0 Å². The molecule has 0 saturated carbocycles. The van der Waals surface area contributed by atoms with Gasteiger partial charge in [-0.05, 0) is 24.8 Å². The number of aryl methyl sites for hydroxylation is 1. The molecule has 2 rings (SSSR count). The van der Waals surface area contributed by atoms with Crippen molar-refractivity contribution in [1.82, 2.24) is 14.9 Å². The minimum absolute atomic E-state index is 0.0409. The minimum atomic E-state index is -1.33. The van der Waals surface area contributed by atoms with Gasteiger partial charge in [0.1, 0.15) is 25.0 Å². The Balaban J connectivity index is 2.05. The average Bonchev–Trinajstić information content (AvgIpc) is 3.10. The lowest BCUT2D eigenvalue weighted by molar-refractivity contribution is -0.159. The van der Waals surface area contributed by atoms with Crippen molar-refractivity contribution in [3.05, 3.63) is 43.0 Å². The van der Waals surface area contributed by atoms with Crippen LogP contribution in [-0.4, -0.2) is 57.3 Å². The topological polar surface area (TPSA) is 206 Å². The van der Waals surface area contributed by atoms with E-state index in [1.165, 1.54) is 13.1 Å². The maximum Gasteiger partial charge on any atom is 0.396 e. The van der Waals surface area contributed by atoms with Crippen LogP contribution in [0.15, 0.2) is 20.9 Å². The number of carboxylic acids is 1. The van der Waals surface area contributed by atoms with Gasteiger partial charge < -0.3 is 19.9 Å². The zero-order valence-electron chi connectivity index (χ0n) is 17.7. The third-order valence-corrected chi connectivity index (χ3v) is 4.73. The lowest BCUT2D eigenvalue weighted by Gasteiger charge is -2.18. The summed E-state index contributed by atoms with van der Waals surface area (Å²) in [6, 6.07) is -2.08. The van der Waals surface area contributed by atoms with E-state index in [1.54, 1.807) is 13.8 Å². The first kappa shape index (κ1) is 24.6. The maximum absolute atomic E-state index is 12.1. The minimum Gasteiger partial charge on any atom is -0.480 e. The largest absolute Gasteiger partial charge is 0.480 e. The molecule has 0 radical (unpaired) electrons. The predicted molar refractivity (Wildman–Crippen MR) is 108 cm³/mol. The first-order chi connectivity index (χ1) is 15.0. The van der Waals surface area contributed by atoms with Gasteiger partial charge in [0.25, 0.3) is 5.56 Å². The van der Waals surface area contributed by atoms with Gasteiger partial charge in [0.2, 0.25) is 0 Å². The molecule has 1 aliphatic rings. The van der Waals surface area contributed by atoms with E-state index in [0.29, 0.717) is 0 Å². The summed E-state index contributed by atoms with van der Waals surface area (Å²) in [6.07, 6.45) is -0.416. The molecule has 3 N–H and O–H groups in total. The van der Waals surface area contributed by atoms with Crippen molar-refractivity contribution >= 4 is 17.8 Å². The van der Waals surface area contributed by atoms with Gasteiger partial charge in [-0.25, -0.2) is 14.4 Å². The Hall–Kier alpha value is -3.64. The molecule has 1 aromatic heterocycles. The summed E-state index contributed by atoms with van der Waals surface area (Å²) in [6.45, 7) is 4.54. The number of aliphatic carboxylic acids is 1. The SMILES string of the molecule is Cc1cn([C@H]2C[C@H](N=[N+]=[N-])[C@@H](COC(=O)C(=O)N[C@@H](CC(C)C)C(=O)O)O2)c(=O)[nH]c1=O. The molecule has 0 bridgehead atoms. The van der Waals surface area contributed by atoms with E-state index < -0.39 is 60.1 Å². The number of carboxylic acid groups (broad SMARTS) is 1. The zero-order chi connectivity index (χ0) is 24.0. The van der Waals surface area contributed by atoms with Crippen molar-refractivity contribution in [1.29, 1.82) is 0 Å². The summed E-state index contributed by atoms with van der Waals surface area (Å²) in [4.78, 5) is 63.7. The van der Waals surface area contributed by atoms with Crippen LogP contribution in [0.5, 0.6) is 0 Å². The average molecular weight is 452 g/mol. The number of H-pyrrole nitrogens is 1. The molecular weight excluding hydrogens is 428 g/mol. The second kappa shape index (κ2) is 10.6. The Kier molecular flexibility index (Phi) is 8.15. The van der Waals surface area contributed by atoms with Crippen LogP contribution in [-0.2, 0) is 23.9 Å². The Morgan fingerprint density at radius 2 is 2.12 bits per heavy atom. The second-order valence-electron chi connectivity index (χ2n) is 7.71. The fourth-order valence-corrected chi connectivity index (χ4v) is 3.16. The molecule has 0 unspecified atom stereocenters. The first-order valence-corrected chi connectivity index (χ1v) is 9.75. The molecule has 14 heteroatoms. The molecule has 0 spiro atoms. The van der Waals surface area contributed by atoms with Crippen molar-refractivity contribution in [2.45, 2.75) is 58.0 Å². The van der Waals surface area contributed by atoms with Gasteiger partial charge in [-0.2, -0.15) is 0 Å². The van der Waals surface area contributed by atoms with E-state index in [9.17, 15) is 24.0 Å². The van der Waals surface area contributed by atoms with Gasteiger partial charge in [0.15, 0.2) is 0 Å². The van der Waals surface area contributed by atoms with Crippen molar-refractivity contribution in [2.75, 3.05) is 6.61 Å². The number of ether oxygens (including phenoxy) is 2. The third-order valence-electron chi connectivity index (χ3n) is 4.73. The Morgan fingerprint density at radius 1 is 1.44 bits per heavy atom. The van der Waals surface area contributed by atoms with Gasteiger partial charge in [-0.1, -0.05) is 19.0 Å². The highest BCUT2D eigenvalue weighted by Gasteiger charge is 2.37. The third kappa shape index (κ3) is 6.18. The second-order valence-corrected chi connectivity index (χ2v) is 7.71. The summed E-state index contributed by atoms with van der Waals surface area (Å²) >= 11 is 0. The number of hydrogen-bond acceptors (Lipinski definition) is 8. The lowest BCUT2D eigenvalue weighted by Crippen LogP contribution is -2.45. The lowest BCUT2D eigenvalue weighted by atomic mass is 10.0. The van der Waals surface area contributed by atoms with Crippen molar-refractivity contribution in [2.24, 2.45) is 11.0 Å². The van der Waals surface area contributed by atoms with Crippen LogP contribution in [0.3, 0.4) is 0 Å². The molecule has 0 aromatic carbocycles. The molecule has 4 atom stereocenters. The number of azide groups is 1. The number of nitrogens with one attached hydrogen (secondary N) is 2. The molecule has 1 aromatic rings. The number of aromatic amines is 1. The Bertz CT molecular complexity index is 1040. The van der Waals surface area contributed by atoms with Gasteiger partial charge in [-0.3, -0.25) is 19.1 Å². The molecule has 1 aliphatic heterocycles. The fourth-order valence-electron chi connectivity index (χ4n) is 3.16. The molecule has 1 fully saturated rings. The van der Waals surface area contributed by atoms with Crippen molar-refractivity contribution in [3.63, 3.8) is 0 Å². The smallest absolute Gasteiger partial charge is 0.396 e. The van der Waals surface area contributed by atoms with E-state index in [2.05, 4.69) is 20.3 Å². The highest BCUT2D eigenvalue weighted by molar-refractivity contribution is 6.32. The number of esters is 1. The Morgan fingerprint density at radius 3 is 2.72 bits per heavy atom. The van der Waals surface area contributed by atoms with E-state index in [1.807, 2.05) is 0 Å². The molecule has 1 saturated heterocycles. The summed E-state index contributed by atoms with van der Waals surface area (Å²) in [7, 11) is 0. The quantitative estimate of drug-likeness (QED) is 0.160. The standard InChI is InChI=1S/C18H24N6O8/c1-8(2)4-11(16(27)28)20-15(26)17(29)31-7-12-10(22-23-19)5-13(32-12)24-6-9(3)14(25)21-18(24)30/h6,8,10-13H,4-5,7H2,1-3H3,(H,20,26)(H,27,28)(H,21,25,30)/t10-,11-,12+,13+/m0/s1. The molecule has 32 heavy (non-hydrogen) atoms. The van der Waals surface area contributed by atoms with Gasteiger partial charge in [-0.15, -0.1) is 0 Å². The van der Waals surface area contributed by atoms with E-state index in [-0.39, 0.29) is 24.3 Å². The van der Waals surface area contributed by atoms with Crippen LogP contribution >= 0.6 is 0 Å². The van der Waals surface area contributed by atoms with Crippen LogP contribution in [0.1, 0.15) is 38.5 Å². The number of aromatic nitrogens is 2. The number of nitrogens with zero attached hydrogens (tertiary/aromatic N) is 4. The molecule has 0 aliphatic carbocycles. The van der Waals surface area contributed by atoms with Crippen LogP contribution in [0.4, 0.5) is 0 Å². The first-order valence-electron chi connectivity index (χ1n) is 9.75. The number of hydrogen-bond donors (Lipinski definition) is 3.